The van der Waals surface area contributed by atoms with Crippen LogP contribution in [-0.2, 0) is 22.6 Å². The normalized spacial score (nSPS) is 11.9. The summed E-state index contributed by atoms with van der Waals surface area (Å²) in [7, 11) is 0. The summed E-state index contributed by atoms with van der Waals surface area (Å²) in [5, 5.41) is 9.97. The molecule has 3 aromatic rings. The maximum atomic E-state index is 11.4. The first-order valence-corrected chi connectivity index (χ1v) is 10.7. The first kappa shape index (κ1) is 23.6. The average Bonchev–Trinajstić information content (AvgIpc) is 3.14. The lowest BCUT2D eigenvalue weighted by Gasteiger charge is -2.16. The van der Waals surface area contributed by atoms with Crippen molar-refractivity contribution in [3.05, 3.63) is 64.5 Å². The number of aryl methyl sites for hydroxylation is 1. The van der Waals surface area contributed by atoms with Gasteiger partial charge >= 0.3 is 5.97 Å². The van der Waals surface area contributed by atoms with Crippen molar-refractivity contribution in [1.82, 2.24) is 4.98 Å². The van der Waals surface area contributed by atoms with E-state index >= 15 is 0 Å². The van der Waals surface area contributed by atoms with Crippen molar-refractivity contribution in [2.24, 2.45) is 0 Å². The summed E-state index contributed by atoms with van der Waals surface area (Å²) in [6.07, 6.45) is -0.738. The maximum absolute atomic E-state index is 11.4. The van der Waals surface area contributed by atoms with E-state index in [1.54, 1.807) is 37.3 Å². The average molecular weight is 460 g/mol. The molecule has 8 heteroatoms. The third-order valence-electron chi connectivity index (χ3n) is 4.73. The van der Waals surface area contributed by atoms with E-state index in [1.165, 1.54) is 0 Å². The van der Waals surface area contributed by atoms with Gasteiger partial charge in [0, 0.05) is 29.7 Å². The van der Waals surface area contributed by atoms with Crippen LogP contribution in [0.5, 0.6) is 11.5 Å². The van der Waals surface area contributed by atoms with Crippen molar-refractivity contribution in [3.63, 3.8) is 0 Å². The largest absolute Gasteiger partial charge is 0.493 e. The third-order valence-corrected chi connectivity index (χ3v) is 4.96. The molecular formula is C24H26ClNO6. The van der Waals surface area contributed by atoms with Gasteiger partial charge in [-0.1, -0.05) is 23.7 Å². The summed E-state index contributed by atoms with van der Waals surface area (Å²) in [4.78, 5) is 16.0. The third kappa shape index (κ3) is 6.02. The van der Waals surface area contributed by atoms with Gasteiger partial charge in [0.05, 0.1) is 6.61 Å². The minimum absolute atomic E-state index is 0.199. The summed E-state index contributed by atoms with van der Waals surface area (Å²) >= 11 is 6.06. The number of carbonyl (C=O) groups is 1. The van der Waals surface area contributed by atoms with E-state index in [1.807, 2.05) is 26.0 Å². The van der Waals surface area contributed by atoms with Gasteiger partial charge in [0.2, 0.25) is 5.89 Å². The molecule has 0 spiro atoms. The van der Waals surface area contributed by atoms with Crippen LogP contribution in [0.4, 0.5) is 0 Å². The number of carboxylic acids is 1. The molecule has 1 aromatic heterocycles. The van der Waals surface area contributed by atoms with Gasteiger partial charge in [0.15, 0.2) is 6.10 Å². The molecule has 2 aromatic carbocycles. The molecule has 7 nitrogen and oxygen atoms in total. The zero-order valence-corrected chi connectivity index (χ0v) is 19.0. The highest BCUT2D eigenvalue weighted by Gasteiger charge is 2.21. The lowest BCUT2D eigenvalue weighted by Crippen LogP contribution is -2.26. The van der Waals surface area contributed by atoms with Crippen LogP contribution in [0.2, 0.25) is 5.02 Å². The molecular weight excluding hydrogens is 434 g/mol. The van der Waals surface area contributed by atoms with E-state index in [2.05, 4.69) is 4.98 Å². The van der Waals surface area contributed by atoms with Crippen molar-refractivity contribution < 1.29 is 28.5 Å². The molecule has 0 aliphatic carbocycles. The van der Waals surface area contributed by atoms with Crippen LogP contribution in [0.25, 0.3) is 11.5 Å². The second kappa shape index (κ2) is 11.0. The van der Waals surface area contributed by atoms with Gasteiger partial charge in [-0.15, -0.1) is 0 Å². The number of carboxylic acid groups (broad SMARTS) is 1. The van der Waals surface area contributed by atoms with E-state index in [9.17, 15) is 9.90 Å². The molecule has 0 unspecified atom stereocenters. The molecule has 32 heavy (non-hydrogen) atoms. The Hall–Kier alpha value is -3.03. The molecule has 0 aliphatic rings. The van der Waals surface area contributed by atoms with E-state index in [4.69, 9.17) is 30.2 Å². The summed E-state index contributed by atoms with van der Waals surface area (Å²) in [5.41, 5.74) is 2.20. The molecule has 1 atom stereocenters. The maximum Gasteiger partial charge on any atom is 0.333 e. The number of hydrogen-bond acceptors (Lipinski definition) is 6. The number of aliphatic carboxylic acids is 1. The predicted molar refractivity (Wildman–Crippen MR) is 120 cm³/mol. The minimum Gasteiger partial charge on any atom is -0.493 e. The SMILES string of the molecule is CCOc1cc(OCc2nc(-c3cccc(Cl)c3)oc2C)ccc1C[C@H](OCC)C(=O)O. The second-order valence-electron chi connectivity index (χ2n) is 7.01. The summed E-state index contributed by atoms with van der Waals surface area (Å²) in [5.74, 6) is 1.26. The molecule has 0 saturated carbocycles. The van der Waals surface area contributed by atoms with Crippen LogP contribution in [0, 0.1) is 6.92 Å². The summed E-state index contributed by atoms with van der Waals surface area (Å²) in [6.45, 7) is 6.42. The fourth-order valence-corrected chi connectivity index (χ4v) is 3.35. The highest BCUT2D eigenvalue weighted by Crippen LogP contribution is 2.29. The van der Waals surface area contributed by atoms with Crippen LogP contribution in [0.1, 0.15) is 30.9 Å². The van der Waals surface area contributed by atoms with Gasteiger partial charge in [0.25, 0.3) is 0 Å². The van der Waals surface area contributed by atoms with Gasteiger partial charge in [-0.3, -0.25) is 0 Å². The van der Waals surface area contributed by atoms with Crippen molar-refractivity contribution in [1.29, 1.82) is 0 Å². The van der Waals surface area contributed by atoms with Crippen molar-refractivity contribution >= 4 is 17.6 Å². The van der Waals surface area contributed by atoms with E-state index in [0.717, 1.165) is 11.1 Å². The highest BCUT2D eigenvalue weighted by molar-refractivity contribution is 6.30. The smallest absolute Gasteiger partial charge is 0.333 e. The highest BCUT2D eigenvalue weighted by atomic mass is 35.5. The van der Waals surface area contributed by atoms with E-state index in [-0.39, 0.29) is 13.0 Å². The van der Waals surface area contributed by atoms with E-state index in [0.29, 0.717) is 47.1 Å². The van der Waals surface area contributed by atoms with Gasteiger partial charge in [-0.05, 0) is 50.6 Å². The number of nitrogens with zero attached hydrogens (tertiary/aromatic N) is 1. The number of ether oxygens (including phenoxy) is 3. The van der Waals surface area contributed by atoms with Crippen LogP contribution in [-0.4, -0.2) is 35.4 Å². The molecule has 0 radical (unpaired) electrons. The van der Waals surface area contributed by atoms with Crippen molar-refractivity contribution in [3.8, 4) is 23.0 Å². The van der Waals surface area contributed by atoms with Crippen LogP contribution in [0.3, 0.4) is 0 Å². The standard InChI is InChI=1S/C24H26ClNO6/c1-4-29-21-13-19(10-9-16(21)12-22(24(27)28)30-5-2)31-14-20-15(3)32-23(26-20)17-7-6-8-18(25)11-17/h6-11,13,22H,4-5,12,14H2,1-3H3,(H,27,28)/t22-/m0/s1. The first-order valence-electron chi connectivity index (χ1n) is 10.4. The van der Waals surface area contributed by atoms with Gasteiger partial charge < -0.3 is 23.7 Å². The van der Waals surface area contributed by atoms with Gasteiger partial charge in [-0.25, -0.2) is 9.78 Å². The van der Waals surface area contributed by atoms with Crippen LogP contribution in [0.15, 0.2) is 46.9 Å². The lowest BCUT2D eigenvalue weighted by atomic mass is 10.1. The Bertz CT molecular complexity index is 1060. The Kier molecular flexibility index (Phi) is 8.14. The van der Waals surface area contributed by atoms with Gasteiger partial charge in [0.1, 0.15) is 29.6 Å². The summed E-state index contributed by atoms with van der Waals surface area (Å²) in [6, 6.07) is 12.6. The monoisotopic (exact) mass is 459 g/mol. The minimum atomic E-state index is -1.01. The topological polar surface area (TPSA) is 91.0 Å². The summed E-state index contributed by atoms with van der Waals surface area (Å²) < 4.78 is 22.7. The molecule has 0 bridgehead atoms. The number of hydrogen-bond donors (Lipinski definition) is 1. The Morgan fingerprint density at radius 2 is 1.97 bits per heavy atom. The number of rotatable bonds is 11. The predicted octanol–water partition coefficient (Wildman–Crippen LogP) is 5.31. The zero-order chi connectivity index (χ0) is 23.1. The quantitative estimate of drug-likeness (QED) is 0.415. The molecule has 0 aliphatic heterocycles. The number of aromatic nitrogens is 1. The van der Waals surface area contributed by atoms with Gasteiger partial charge in [-0.2, -0.15) is 0 Å². The van der Waals surface area contributed by atoms with Crippen LogP contribution >= 0.6 is 11.6 Å². The Morgan fingerprint density at radius 3 is 2.66 bits per heavy atom. The second-order valence-corrected chi connectivity index (χ2v) is 7.45. The van der Waals surface area contributed by atoms with E-state index < -0.39 is 12.1 Å². The molecule has 1 N–H and O–H groups in total. The zero-order valence-electron chi connectivity index (χ0n) is 18.3. The molecule has 1 heterocycles. The van der Waals surface area contributed by atoms with Crippen LogP contribution < -0.4 is 9.47 Å². The number of benzene rings is 2. The Labute approximate surface area is 191 Å². The number of halogens is 1. The molecule has 0 saturated heterocycles. The van der Waals surface area contributed by atoms with Crippen molar-refractivity contribution in [2.45, 2.75) is 39.9 Å². The van der Waals surface area contributed by atoms with Crippen molar-refractivity contribution in [2.75, 3.05) is 13.2 Å². The fourth-order valence-electron chi connectivity index (χ4n) is 3.16. The molecule has 170 valence electrons. The molecule has 3 rings (SSSR count). The Balaban J connectivity index is 1.74. The molecule has 0 amide bonds. The Morgan fingerprint density at radius 1 is 1.16 bits per heavy atom. The first-order chi connectivity index (χ1) is 15.4. The lowest BCUT2D eigenvalue weighted by molar-refractivity contribution is -0.149. The number of oxazole rings is 1. The molecule has 0 fully saturated rings. The fraction of sp³-hybridized carbons (Fsp3) is 0.333.